The second-order valence-corrected chi connectivity index (χ2v) is 10.4. The summed E-state index contributed by atoms with van der Waals surface area (Å²) in [7, 11) is 0. The molecule has 0 radical (unpaired) electrons. The van der Waals surface area contributed by atoms with Gasteiger partial charge in [-0.2, -0.15) is 0 Å². The van der Waals surface area contributed by atoms with Crippen LogP contribution >= 0.6 is 11.8 Å². The van der Waals surface area contributed by atoms with Gasteiger partial charge in [0.2, 0.25) is 5.91 Å². The van der Waals surface area contributed by atoms with Gasteiger partial charge in [0, 0.05) is 12.3 Å². The van der Waals surface area contributed by atoms with Crippen LogP contribution in [0.3, 0.4) is 0 Å². The van der Waals surface area contributed by atoms with Gasteiger partial charge in [-0.25, -0.2) is 0 Å². The third-order valence-corrected chi connectivity index (χ3v) is 7.49. The van der Waals surface area contributed by atoms with Gasteiger partial charge in [-0.1, -0.05) is 121 Å². The molecule has 2 rings (SSSR count). The van der Waals surface area contributed by atoms with Crippen molar-refractivity contribution in [1.29, 1.82) is 0 Å². The third-order valence-electron chi connectivity index (χ3n) is 6.26. The van der Waals surface area contributed by atoms with E-state index in [1.807, 2.05) is 17.8 Å². The van der Waals surface area contributed by atoms with Crippen LogP contribution in [-0.2, 0) is 11.2 Å². The number of thioether (sulfide) groups is 1. The molecule has 1 unspecified atom stereocenters. The number of amides is 1. The molecule has 0 saturated carbocycles. The van der Waals surface area contributed by atoms with Crippen molar-refractivity contribution in [3.63, 3.8) is 0 Å². The van der Waals surface area contributed by atoms with Gasteiger partial charge >= 0.3 is 0 Å². The number of unbranched alkanes of at least 4 members (excludes halogenated alkanes) is 13. The maximum atomic E-state index is 12.4. The van der Waals surface area contributed by atoms with Crippen LogP contribution in [0.25, 0.3) is 0 Å². The third kappa shape index (κ3) is 12.6. The highest BCUT2D eigenvalue weighted by Gasteiger charge is 2.29. The lowest BCUT2D eigenvalue weighted by Gasteiger charge is -2.13. The van der Waals surface area contributed by atoms with E-state index in [-0.39, 0.29) is 11.9 Å². The lowest BCUT2D eigenvalue weighted by molar-refractivity contribution is -0.122. The fourth-order valence-electron chi connectivity index (χ4n) is 4.28. The van der Waals surface area contributed by atoms with E-state index >= 15 is 0 Å². The van der Waals surface area contributed by atoms with Crippen molar-refractivity contribution in [2.24, 2.45) is 0 Å². The minimum atomic E-state index is -0.0367. The van der Waals surface area contributed by atoms with E-state index in [1.54, 1.807) is 0 Å². The first kappa shape index (κ1) is 26.3. The van der Waals surface area contributed by atoms with E-state index in [0.29, 0.717) is 5.37 Å². The Bertz CT molecular complexity index is 566. The summed E-state index contributed by atoms with van der Waals surface area (Å²) in [4.78, 5) is 12.4. The standard InChI is InChI=1S/C27H46N2OS/c1-2-3-4-5-6-7-8-9-10-11-12-13-14-18-21-28-27(30)25-23-31-26(29-25)22-24-19-16-15-17-20-24/h15-17,19-20,25-26,29H,2-14,18,21-23H2,1H3,(H,28,30)/t25-,26?/m0/s1. The topological polar surface area (TPSA) is 41.1 Å². The van der Waals surface area contributed by atoms with E-state index in [4.69, 9.17) is 0 Å². The molecule has 0 aromatic heterocycles. The number of hydrogen-bond acceptors (Lipinski definition) is 3. The van der Waals surface area contributed by atoms with Crippen LogP contribution in [0.4, 0.5) is 0 Å². The molecular weight excluding hydrogens is 400 g/mol. The predicted molar refractivity (Wildman–Crippen MR) is 137 cm³/mol. The summed E-state index contributed by atoms with van der Waals surface area (Å²) in [5, 5.41) is 6.98. The van der Waals surface area contributed by atoms with Crippen LogP contribution in [0.15, 0.2) is 30.3 Å². The number of nitrogens with one attached hydrogen (secondary N) is 2. The van der Waals surface area contributed by atoms with E-state index in [1.165, 1.54) is 89.0 Å². The summed E-state index contributed by atoms with van der Waals surface area (Å²) in [5.41, 5.74) is 1.33. The first-order valence-corrected chi connectivity index (χ1v) is 14.0. The quantitative estimate of drug-likeness (QED) is 0.242. The Morgan fingerprint density at radius 1 is 0.871 bits per heavy atom. The lowest BCUT2D eigenvalue weighted by atomic mass is 10.0. The summed E-state index contributed by atoms with van der Waals surface area (Å²) in [6.07, 6.45) is 20.1. The fraction of sp³-hybridized carbons (Fsp3) is 0.741. The van der Waals surface area contributed by atoms with E-state index in [2.05, 4.69) is 41.8 Å². The second-order valence-electron chi connectivity index (χ2n) is 9.12. The normalized spacial score (nSPS) is 18.4. The second kappa shape index (κ2) is 17.5. The number of hydrogen-bond donors (Lipinski definition) is 2. The maximum absolute atomic E-state index is 12.4. The van der Waals surface area contributed by atoms with Crippen LogP contribution in [0.1, 0.15) is 102 Å². The zero-order valence-corrected chi connectivity index (χ0v) is 20.7. The summed E-state index contributed by atoms with van der Waals surface area (Å²) >= 11 is 1.87. The Morgan fingerprint density at radius 2 is 1.42 bits per heavy atom. The van der Waals surface area contributed by atoms with Gasteiger partial charge < -0.3 is 5.32 Å². The van der Waals surface area contributed by atoms with Crippen LogP contribution in [0, 0.1) is 0 Å². The molecular formula is C27H46N2OS. The van der Waals surface area contributed by atoms with Crippen LogP contribution in [-0.4, -0.2) is 29.6 Å². The van der Waals surface area contributed by atoms with Gasteiger partial charge in [-0.3, -0.25) is 10.1 Å². The van der Waals surface area contributed by atoms with Crippen molar-refractivity contribution in [3.05, 3.63) is 35.9 Å². The molecule has 0 spiro atoms. The zero-order valence-electron chi connectivity index (χ0n) is 19.9. The van der Waals surface area contributed by atoms with Crippen molar-refractivity contribution in [2.45, 2.75) is 115 Å². The van der Waals surface area contributed by atoms with Gasteiger partial charge in [0.1, 0.15) is 0 Å². The van der Waals surface area contributed by atoms with Gasteiger partial charge in [0.05, 0.1) is 11.4 Å². The van der Waals surface area contributed by atoms with Gasteiger partial charge in [0.25, 0.3) is 0 Å². The molecule has 4 heteroatoms. The molecule has 0 aliphatic carbocycles. The Hall–Kier alpha value is -1.00. The Balaban J connectivity index is 1.35. The molecule has 176 valence electrons. The van der Waals surface area contributed by atoms with Crippen molar-refractivity contribution in [2.75, 3.05) is 12.3 Å². The average molecular weight is 447 g/mol. The monoisotopic (exact) mass is 446 g/mol. The van der Waals surface area contributed by atoms with Crippen LogP contribution in [0.5, 0.6) is 0 Å². The minimum absolute atomic E-state index is 0.0367. The molecule has 31 heavy (non-hydrogen) atoms. The minimum Gasteiger partial charge on any atom is -0.355 e. The summed E-state index contributed by atoms with van der Waals surface area (Å²) in [5.74, 6) is 1.06. The Labute approximate surface area is 195 Å². The SMILES string of the molecule is CCCCCCCCCCCCCCCCNC(=O)[C@@H]1CSC(Cc2ccccc2)N1. The zero-order chi connectivity index (χ0) is 22.0. The van der Waals surface area contributed by atoms with Gasteiger partial charge in [0.15, 0.2) is 0 Å². The maximum Gasteiger partial charge on any atom is 0.238 e. The van der Waals surface area contributed by atoms with Crippen molar-refractivity contribution in [3.8, 4) is 0 Å². The smallest absolute Gasteiger partial charge is 0.238 e. The largest absolute Gasteiger partial charge is 0.355 e. The molecule has 2 atom stereocenters. The number of benzene rings is 1. The molecule has 1 saturated heterocycles. The van der Waals surface area contributed by atoms with E-state index < -0.39 is 0 Å². The highest BCUT2D eigenvalue weighted by atomic mass is 32.2. The van der Waals surface area contributed by atoms with E-state index in [9.17, 15) is 4.79 Å². The molecule has 1 aliphatic heterocycles. The average Bonchev–Trinajstić information content (AvgIpc) is 3.25. The highest BCUT2D eigenvalue weighted by molar-refractivity contribution is 8.00. The van der Waals surface area contributed by atoms with Gasteiger partial charge in [-0.05, 0) is 18.4 Å². The van der Waals surface area contributed by atoms with Crippen LogP contribution < -0.4 is 10.6 Å². The highest BCUT2D eigenvalue weighted by Crippen LogP contribution is 2.22. The van der Waals surface area contributed by atoms with E-state index in [0.717, 1.165) is 25.1 Å². The summed E-state index contributed by atoms with van der Waals surface area (Å²) in [6.45, 7) is 3.11. The first-order chi connectivity index (χ1) is 15.3. The fourth-order valence-corrected chi connectivity index (χ4v) is 5.53. The lowest BCUT2D eigenvalue weighted by Crippen LogP contribution is -2.44. The van der Waals surface area contributed by atoms with Crippen molar-refractivity contribution >= 4 is 17.7 Å². The Morgan fingerprint density at radius 3 is 2.00 bits per heavy atom. The Kier molecular flexibility index (Phi) is 14.9. The van der Waals surface area contributed by atoms with Gasteiger partial charge in [-0.15, -0.1) is 11.8 Å². The van der Waals surface area contributed by atoms with Crippen LogP contribution in [0.2, 0.25) is 0 Å². The molecule has 2 N–H and O–H groups in total. The van der Waals surface area contributed by atoms with Crippen molar-refractivity contribution in [1.82, 2.24) is 10.6 Å². The number of carbonyl (C=O) groups is 1. The molecule has 1 fully saturated rings. The summed E-state index contributed by atoms with van der Waals surface area (Å²) < 4.78 is 0. The molecule has 1 aromatic rings. The molecule has 1 amide bonds. The predicted octanol–water partition coefficient (Wildman–Crippen LogP) is 6.86. The van der Waals surface area contributed by atoms with Crippen molar-refractivity contribution < 1.29 is 4.79 Å². The summed E-state index contributed by atoms with van der Waals surface area (Å²) in [6, 6.07) is 10.5. The molecule has 1 aromatic carbocycles. The number of carbonyl (C=O) groups excluding carboxylic acids is 1. The molecule has 1 heterocycles. The number of rotatable bonds is 18. The first-order valence-electron chi connectivity index (χ1n) is 13.0. The molecule has 0 bridgehead atoms. The molecule has 1 aliphatic rings. The molecule has 3 nitrogen and oxygen atoms in total.